The zero-order valence-corrected chi connectivity index (χ0v) is 14.1. The van der Waals surface area contributed by atoms with Gasteiger partial charge >= 0.3 is 0 Å². The summed E-state index contributed by atoms with van der Waals surface area (Å²) in [5.74, 6) is 0.917. The summed E-state index contributed by atoms with van der Waals surface area (Å²) in [6.45, 7) is 3.10. The number of rotatable bonds is 6. The molecule has 2 nitrogen and oxygen atoms in total. The Labute approximate surface area is 134 Å². The van der Waals surface area contributed by atoms with E-state index in [1.54, 1.807) is 7.11 Å². The average molecular weight is 381 g/mol. The maximum absolute atomic E-state index is 5.30. The van der Waals surface area contributed by atoms with Gasteiger partial charge in [0.15, 0.2) is 0 Å². The lowest BCUT2D eigenvalue weighted by Gasteiger charge is -2.19. The molecule has 0 heterocycles. The summed E-state index contributed by atoms with van der Waals surface area (Å²) in [6.07, 6.45) is 0.964. The molecule has 2 aromatic carbocycles. The largest absolute Gasteiger partial charge is 0.497 e. The first-order valence-corrected chi connectivity index (χ1v) is 7.92. The second-order valence-corrected chi connectivity index (χ2v) is 5.96. The van der Waals surface area contributed by atoms with Gasteiger partial charge in [0.25, 0.3) is 0 Å². The molecule has 0 amide bonds. The van der Waals surface area contributed by atoms with Gasteiger partial charge < -0.3 is 10.1 Å². The number of nitrogens with one attached hydrogen (secondary N) is 1. The summed E-state index contributed by atoms with van der Waals surface area (Å²) in [4.78, 5) is 0. The average Bonchev–Trinajstić information content (AvgIpc) is 2.48. The van der Waals surface area contributed by atoms with E-state index < -0.39 is 0 Å². The highest BCUT2D eigenvalue weighted by molar-refractivity contribution is 14.1. The lowest BCUT2D eigenvalue weighted by Crippen LogP contribution is -2.22. The number of methoxy groups -OCH3 is 1. The second kappa shape index (κ2) is 7.64. The van der Waals surface area contributed by atoms with Gasteiger partial charge in [-0.1, -0.05) is 31.2 Å². The predicted molar refractivity (Wildman–Crippen MR) is 92.3 cm³/mol. The van der Waals surface area contributed by atoms with E-state index >= 15 is 0 Å². The highest BCUT2D eigenvalue weighted by atomic mass is 127. The van der Waals surface area contributed by atoms with Gasteiger partial charge in [0.2, 0.25) is 0 Å². The minimum atomic E-state index is 0.337. The number of halogens is 1. The summed E-state index contributed by atoms with van der Waals surface area (Å²) >= 11 is 2.34. The maximum atomic E-state index is 5.30. The van der Waals surface area contributed by atoms with Crippen molar-refractivity contribution in [1.29, 1.82) is 0 Å². The molecule has 0 fully saturated rings. The van der Waals surface area contributed by atoms with E-state index in [0.717, 1.165) is 18.7 Å². The van der Waals surface area contributed by atoms with Crippen LogP contribution in [0.2, 0.25) is 0 Å². The third-order valence-electron chi connectivity index (χ3n) is 3.30. The minimum absolute atomic E-state index is 0.337. The molecule has 1 unspecified atom stereocenters. The monoisotopic (exact) mass is 381 g/mol. The number of ether oxygens (including phenoxy) is 1. The van der Waals surface area contributed by atoms with Gasteiger partial charge in [0.05, 0.1) is 7.11 Å². The molecule has 2 rings (SSSR count). The maximum Gasteiger partial charge on any atom is 0.119 e. The van der Waals surface area contributed by atoms with E-state index in [4.69, 9.17) is 4.74 Å². The van der Waals surface area contributed by atoms with Crippen LogP contribution in [0.25, 0.3) is 0 Å². The first kappa shape index (κ1) is 15.3. The summed E-state index contributed by atoms with van der Waals surface area (Å²) < 4.78 is 6.56. The van der Waals surface area contributed by atoms with Crippen molar-refractivity contribution in [3.8, 4) is 5.75 Å². The van der Waals surface area contributed by atoms with Crippen molar-refractivity contribution in [1.82, 2.24) is 5.32 Å². The fourth-order valence-corrected chi connectivity index (χ4v) is 2.64. The Kier molecular flexibility index (Phi) is 5.86. The third-order valence-corrected chi connectivity index (χ3v) is 4.02. The molecule has 2 aromatic rings. The van der Waals surface area contributed by atoms with Gasteiger partial charge in [-0.15, -0.1) is 0 Å². The van der Waals surface area contributed by atoms with E-state index in [1.165, 1.54) is 14.7 Å². The van der Waals surface area contributed by atoms with E-state index in [9.17, 15) is 0 Å². The molecule has 0 bridgehead atoms. The molecular formula is C17H20INO. The molecule has 0 spiro atoms. The van der Waals surface area contributed by atoms with E-state index in [1.807, 2.05) is 12.1 Å². The quantitative estimate of drug-likeness (QED) is 0.758. The Bertz CT molecular complexity index is 539. The fraction of sp³-hybridized carbons (Fsp3) is 0.294. The van der Waals surface area contributed by atoms with Crippen LogP contribution in [0.1, 0.15) is 24.1 Å². The van der Waals surface area contributed by atoms with Crippen molar-refractivity contribution in [3.63, 3.8) is 0 Å². The van der Waals surface area contributed by atoms with Crippen LogP contribution in [0.5, 0.6) is 5.75 Å². The summed E-state index contributed by atoms with van der Waals surface area (Å²) in [7, 11) is 1.71. The number of hydrogen-bond acceptors (Lipinski definition) is 2. The van der Waals surface area contributed by atoms with Crippen molar-refractivity contribution in [2.24, 2.45) is 0 Å². The van der Waals surface area contributed by atoms with Gasteiger partial charge in [-0.2, -0.15) is 0 Å². The number of hydrogen-bond donors (Lipinski definition) is 1. The normalized spacial score (nSPS) is 12.2. The van der Waals surface area contributed by atoms with Gasteiger partial charge in [0, 0.05) is 9.61 Å². The van der Waals surface area contributed by atoms with Crippen LogP contribution in [-0.4, -0.2) is 13.7 Å². The van der Waals surface area contributed by atoms with Gasteiger partial charge in [0.1, 0.15) is 5.75 Å². The number of likely N-dealkylation sites (N-methyl/N-ethyl adjacent to an activating group) is 1. The van der Waals surface area contributed by atoms with Crippen LogP contribution in [0.4, 0.5) is 0 Å². The molecule has 0 aromatic heterocycles. The van der Waals surface area contributed by atoms with Crippen molar-refractivity contribution in [2.75, 3.05) is 13.7 Å². The molecule has 0 saturated carbocycles. The summed E-state index contributed by atoms with van der Waals surface area (Å²) in [6, 6.07) is 17.4. The minimum Gasteiger partial charge on any atom is -0.497 e. The smallest absolute Gasteiger partial charge is 0.119 e. The van der Waals surface area contributed by atoms with Crippen LogP contribution in [0, 0.1) is 3.57 Å². The molecule has 20 heavy (non-hydrogen) atoms. The Hall–Kier alpha value is -1.07. The Balaban J connectivity index is 2.18. The second-order valence-electron chi connectivity index (χ2n) is 4.72. The van der Waals surface area contributed by atoms with E-state index in [0.29, 0.717) is 6.04 Å². The molecule has 0 aliphatic heterocycles. The molecule has 106 valence electrons. The van der Waals surface area contributed by atoms with Gasteiger partial charge in [-0.25, -0.2) is 0 Å². The van der Waals surface area contributed by atoms with Gasteiger partial charge in [-0.05, 0) is 70.9 Å². The topological polar surface area (TPSA) is 21.3 Å². The van der Waals surface area contributed by atoms with Crippen LogP contribution in [0.3, 0.4) is 0 Å². The molecule has 1 N–H and O–H groups in total. The highest BCUT2D eigenvalue weighted by Crippen LogP contribution is 2.22. The lowest BCUT2D eigenvalue weighted by molar-refractivity contribution is 0.414. The molecule has 0 aliphatic rings. The molecule has 3 heteroatoms. The summed E-state index contributed by atoms with van der Waals surface area (Å²) in [5, 5.41) is 3.56. The number of benzene rings is 2. The van der Waals surface area contributed by atoms with Crippen molar-refractivity contribution in [2.45, 2.75) is 19.4 Å². The molecule has 0 radical (unpaired) electrons. The zero-order valence-electron chi connectivity index (χ0n) is 11.9. The lowest BCUT2D eigenvalue weighted by atomic mass is 9.99. The van der Waals surface area contributed by atoms with Crippen LogP contribution in [0.15, 0.2) is 48.5 Å². The third kappa shape index (κ3) is 4.21. The van der Waals surface area contributed by atoms with Crippen molar-refractivity contribution >= 4 is 22.6 Å². The molecular weight excluding hydrogens is 361 g/mol. The van der Waals surface area contributed by atoms with Crippen molar-refractivity contribution < 1.29 is 4.74 Å². The standard InChI is InChI=1S/C17H20INO/c1-3-19-17(14-7-9-15(18)10-8-14)12-13-5-4-6-16(11-13)20-2/h4-11,17,19H,3,12H2,1-2H3. The highest BCUT2D eigenvalue weighted by Gasteiger charge is 2.11. The van der Waals surface area contributed by atoms with E-state index in [2.05, 4.69) is 71.2 Å². The summed E-state index contributed by atoms with van der Waals surface area (Å²) in [5.41, 5.74) is 2.61. The first-order chi connectivity index (χ1) is 9.72. The Morgan fingerprint density at radius 3 is 2.55 bits per heavy atom. The fourth-order valence-electron chi connectivity index (χ4n) is 2.28. The predicted octanol–water partition coefficient (Wildman–Crippen LogP) is 4.19. The van der Waals surface area contributed by atoms with Crippen LogP contribution in [-0.2, 0) is 6.42 Å². The van der Waals surface area contributed by atoms with Crippen molar-refractivity contribution in [3.05, 3.63) is 63.2 Å². The Morgan fingerprint density at radius 2 is 1.90 bits per heavy atom. The zero-order chi connectivity index (χ0) is 14.4. The molecule has 0 saturated heterocycles. The Morgan fingerprint density at radius 1 is 1.15 bits per heavy atom. The first-order valence-electron chi connectivity index (χ1n) is 6.84. The van der Waals surface area contributed by atoms with Crippen LogP contribution < -0.4 is 10.1 Å². The molecule has 0 aliphatic carbocycles. The van der Waals surface area contributed by atoms with Crippen LogP contribution >= 0.6 is 22.6 Å². The SMILES string of the molecule is CCNC(Cc1cccc(OC)c1)c1ccc(I)cc1. The van der Waals surface area contributed by atoms with E-state index in [-0.39, 0.29) is 0 Å². The van der Waals surface area contributed by atoms with Gasteiger partial charge in [-0.3, -0.25) is 0 Å². The molecule has 1 atom stereocenters.